The van der Waals surface area contributed by atoms with Crippen LogP contribution in [0, 0.1) is 5.41 Å². The van der Waals surface area contributed by atoms with E-state index >= 15 is 0 Å². The first kappa shape index (κ1) is 24.2. The van der Waals surface area contributed by atoms with Crippen LogP contribution >= 0.6 is 12.4 Å². The van der Waals surface area contributed by atoms with E-state index in [1.807, 2.05) is 0 Å². The van der Waals surface area contributed by atoms with E-state index in [4.69, 9.17) is 14.2 Å². The average molecular weight is 400 g/mol. The fraction of sp³-hybridized carbons (Fsp3) is 0.727. The summed E-state index contributed by atoms with van der Waals surface area (Å²) in [5.74, 6) is 0.914. The second-order valence-electron chi connectivity index (χ2n) is 9.06. The van der Waals surface area contributed by atoms with Gasteiger partial charge in [0.15, 0.2) is 0 Å². The molecular formula is C22H38ClNO3. The fourth-order valence-corrected chi connectivity index (χ4v) is 3.77. The molecule has 0 radical (unpaired) electrons. The molecule has 1 fully saturated rings. The van der Waals surface area contributed by atoms with E-state index < -0.39 is 0 Å². The van der Waals surface area contributed by atoms with Gasteiger partial charge in [0.25, 0.3) is 0 Å². The van der Waals surface area contributed by atoms with Gasteiger partial charge in [-0.2, -0.15) is 0 Å². The quantitative estimate of drug-likeness (QED) is 0.570. The van der Waals surface area contributed by atoms with Crippen molar-refractivity contribution in [2.75, 3.05) is 52.7 Å². The minimum atomic E-state index is 0. The van der Waals surface area contributed by atoms with Crippen LogP contribution in [0.3, 0.4) is 0 Å². The third kappa shape index (κ3) is 9.29. The summed E-state index contributed by atoms with van der Waals surface area (Å²) < 4.78 is 16.8. The van der Waals surface area contributed by atoms with Crippen LogP contribution in [-0.4, -0.2) is 57.6 Å². The Kier molecular flexibility index (Phi) is 10.1. The molecule has 0 unspecified atom stereocenters. The first-order valence-corrected chi connectivity index (χ1v) is 9.87. The fourth-order valence-electron chi connectivity index (χ4n) is 3.77. The summed E-state index contributed by atoms with van der Waals surface area (Å²) in [6.45, 7) is 18.2. The molecule has 0 aromatic heterocycles. The third-order valence-corrected chi connectivity index (χ3v) is 4.76. The lowest BCUT2D eigenvalue weighted by molar-refractivity contribution is 0.0170. The number of rotatable bonds is 9. The molecule has 0 bridgehead atoms. The monoisotopic (exact) mass is 399 g/mol. The predicted octanol–water partition coefficient (Wildman–Crippen LogP) is 4.55. The lowest BCUT2D eigenvalue weighted by atomic mass is 9.72. The van der Waals surface area contributed by atoms with Gasteiger partial charge >= 0.3 is 0 Å². The van der Waals surface area contributed by atoms with Crippen LogP contribution in [0.25, 0.3) is 0 Å². The zero-order valence-corrected chi connectivity index (χ0v) is 18.6. The van der Waals surface area contributed by atoms with Crippen molar-refractivity contribution in [2.24, 2.45) is 5.41 Å². The van der Waals surface area contributed by atoms with Crippen LogP contribution in [0.15, 0.2) is 24.3 Å². The minimum absolute atomic E-state index is 0. The van der Waals surface area contributed by atoms with Crippen LogP contribution in [0.5, 0.6) is 5.75 Å². The highest BCUT2D eigenvalue weighted by Crippen LogP contribution is 2.36. The third-order valence-electron chi connectivity index (χ3n) is 4.76. The summed E-state index contributed by atoms with van der Waals surface area (Å²) in [4.78, 5) is 2.38. The summed E-state index contributed by atoms with van der Waals surface area (Å²) in [5.41, 5.74) is 1.85. The minimum Gasteiger partial charge on any atom is -0.491 e. The molecule has 0 saturated carbocycles. The average Bonchev–Trinajstić information content (AvgIpc) is 2.57. The van der Waals surface area contributed by atoms with Gasteiger partial charge < -0.3 is 14.2 Å². The van der Waals surface area contributed by atoms with E-state index in [0.29, 0.717) is 18.6 Å². The van der Waals surface area contributed by atoms with Crippen LogP contribution in [0.4, 0.5) is 0 Å². The maximum Gasteiger partial charge on any atom is 0.119 e. The molecule has 0 atom stereocenters. The number of hydrogen-bond acceptors (Lipinski definition) is 4. The molecule has 0 amide bonds. The van der Waals surface area contributed by atoms with Crippen LogP contribution in [-0.2, 0) is 14.9 Å². The van der Waals surface area contributed by atoms with E-state index in [0.717, 1.165) is 51.6 Å². The van der Waals surface area contributed by atoms with Crippen molar-refractivity contribution in [3.8, 4) is 5.75 Å². The highest BCUT2D eigenvalue weighted by molar-refractivity contribution is 5.85. The van der Waals surface area contributed by atoms with E-state index in [2.05, 4.69) is 63.8 Å². The molecule has 2 rings (SSSR count). The molecule has 156 valence electrons. The zero-order valence-electron chi connectivity index (χ0n) is 17.8. The molecule has 0 aliphatic carbocycles. The lowest BCUT2D eigenvalue weighted by Crippen LogP contribution is -2.38. The van der Waals surface area contributed by atoms with Crippen LogP contribution in [0.1, 0.15) is 46.6 Å². The van der Waals surface area contributed by atoms with E-state index in [1.54, 1.807) is 0 Å². The van der Waals surface area contributed by atoms with Gasteiger partial charge in [0, 0.05) is 19.6 Å². The Morgan fingerprint density at radius 2 is 1.56 bits per heavy atom. The highest BCUT2D eigenvalue weighted by atomic mass is 35.5. The molecule has 1 heterocycles. The maximum atomic E-state index is 5.81. The van der Waals surface area contributed by atoms with Gasteiger partial charge in [0.2, 0.25) is 0 Å². The van der Waals surface area contributed by atoms with Gasteiger partial charge in [-0.1, -0.05) is 46.8 Å². The van der Waals surface area contributed by atoms with Gasteiger partial charge in [-0.3, -0.25) is 4.90 Å². The van der Waals surface area contributed by atoms with Crippen molar-refractivity contribution in [2.45, 2.75) is 46.5 Å². The Hall–Kier alpha value is -0.810. The van der Waals surface area contributed by atoms with Crippen LogP contribution in [0.2, 0.25) is 0 Å². The van der Waals surface area contributed by atoms with Gasteiger partial charge in [0.1, 0.15) is 12.4 Å². The molecule has 1 aromatic carbocycles. The normalized spacial score (nSPS) is 16.0. The number of nitrogens with zero attached hydrogens (tertiary/aromatic N) is 1. The second kappa shape index (κ2) is 11.3. The molecule has 5 heteroatoms. The topological polar surface area (TPSA) is 30.9 Å². The molecule has 1 aliphatic heterocycles. The molecule has 0 spiro atoms. The van der Waals surface area contributed by atoms with Gasteiger partial charge in [-0.15, -0.1) is 12.4 Å². The van der Waals surface area contributed by atoms with Gasteiger partial charge in [0.05, 0.1) is 26.4 Å². The zero-order chi connectivity index (χ0) is 19.0. The summed E-state index contributed by atoms with van der Waals surface area (Å²) >= 11 is 0. The summed E-state index contributed by atoms with van der Waals surface area (Å²) in [6.07, 6.45) is 1.15. The van der Waals surface area contributed by atoms with E-state index in [9.17, 15) is 0 Å². The first-order valence-electron chi connectivity index (χ1n) is 9.87. The second-order valence-corrected chi connectivity index (χ2v) is 9.06. The van der Waals surface area contributed by atoms with Crippen molar-refractivity contribution in [1.82, 2.24) is 4.90 Å². The van der Waals surface area contributed by atoms with Gasteiger partial charge in [-0.05, 0) is 34.9 Å². The standard InChI is InChI=1S/C22H37NO3.ClH/c1-21(2,3)18-22(4,5)19-6-8-20(9-7-19)26-17-16-25-15-12-23-10-13-24-14-11-23;/h6-9H,10-18H2,1-5H3;1H. The Bertz CT molecular complexity index is 519. The maximum absolute atomic E-state index is 5.81. The summed E-state index contributed by atoms with van der Waals surface area (Å²) in [6, 6.07) is 8.54. The van der Waals surface area contributed by atoms with Crippen molar-refractivity contribution in [1.29, 1.82) is 0 Å². The predicted molar refractivity (Wildman–Crippen MR) is 114 cm³/mol. The number of hydrogen-bond donors (Lipinski definition) is 0. The lowest BCUT2D eigenvalue weighted by Gasteiger charge is -2.33. The highest BCUT2D eigenvalue weighted by Gasteiger charge is 2.27. The number of morpholine rings is 1. The first-order chi connectivity index (χ1) is 12.3. The Labute approximate surface area is 172 Å². The molecule has 27 heavy (non-hydrogen) atoms. The molecular weight excluding hydrogens is 362 g/mol. The van der Waals surface area contributed by atoms with Crippen molar-refractivity contribution in [3.63, 3.8) is 0 Å². The molecule has 4 nitrogen and oxygen atoms in total. The Morgan fingerprint density at radius 3 is 2.15 bits per heavy atom. The largest absolute Gasteiger partial charge is 0.491 e. The Balaban J connectivity index is 0.00000364. The van der Waals surface area contributed by atoms with Crippen molar-refractivity contribution >= 4 is 12.4 Å². The SMILES string of the molecule is CC(C)(C)CC(C)(C)c1ccc(OCCOCCN2CCOCC2)cc1.Cl. The van der Waals surface area contributed by atoms with E-state index in [-0.39, 0.29) is 17.8 Å². The molecule has 0 N–H and O–H groups in total. The van der Waals surface area contributed by atoms with Gasteiger partial charge in [-0.25, -0.2) is 0 Å². The molecule has 1 aromatic rings. The Morgan fingerprint density at radius 1 is 0.926 bits per heavy atom. The molecule has 1 aliphatic rings. The molecule has 1 saturated heterocycles. The number of halogens is 1. The van der Waals surface area contributed by atoms with Crippen molar-refractivity contribution in [3.05, 3.63) is 29.8 Å². The summed E-state index contributed by atoms with van der Waals surface area (Å²) in [5, 5.41) is 0. The van der Waals surface area contributed by atoms with Crippen LogP contribution < -0.4 is 4.74 Å². The van der Waals surface area contributed by atoms with Crippen molar-refractivity contribution < 1.29 is 14.2 Å². The van der Waals surface area contributed by atoms with E-state index in [1.165, 1.54) is 5.56 Å². The smallest absolute Gasteiger partial charge is 0.119 e. The summed E-state index contributed by atoms with van der Waals surface area (Å²) in [7, 11) is 0. The number of ether oxygens (including phenoxy) is 3. The number of benzene rings is 1.